The van der Waals surface area contributed by atoms with Crippen molar-refractivity contribution in [1.82, 2.24) is 5.32 Å². The molecular weight excluding hydrogens is 420 g/mol. The number of nitrogens with one attached hydrogen (secondary N) is 1. The first-order valence-electron chi connectivity index (χ1n) is 10.1. The van der Waals surface area contributed by atoms with Crippen LogP contribution in [0.25, 0.3) is 0 Å². The quantitative estimate of drug-likeness (QED) is 0.594. The highest BCUT2D eigenvalue weighted by Crippen LogP contribution is 2.24. The number of rotatable bonds is 9. The highest BCUT2D eigenvalue weighted by atomic mass is 32.2. The highest BCUT2D eigenvalue weighted by molar-refractivity contribution is 7.92. The van der Waals surface area contributed by atoms with E-state index in [-0.39, 0.29) is 23.1 Å². The van der Waals surface area contributed by atoms with E-state index < -0.39 is 28.5 Å². The number of nitrogens with zero attached hydrogens (tertiary/aromatic N) is 1. The fraction of sp³-hybridized carbons (Fsp3) is 0.364. The number of ether oxygens (including phenoxy) is 2. The van der Waals surface area contributed by atoms with Crippen molar-refractivity contribution in [3.8, 4) is 0 Å². The second-order valence-electron chi connectivity index (χ2n) is 7.05. The molecule has 3 rings (SSSR count). The van der Waals surface area contributed by atoms with Crippen molar-refractivity contribution in [1.29, 1.82) is 0 Å². The normalized spacial score (nSPS) is 16.0. The van der Waals surface area contributed by atoms with Crippen LogP contribution in [-0.2, 0) is 24.3 Å². The van der Waals surface area contributed by atoms with Crippen LogP contribution in [0.1, 0.15) is 30.1 Å². The Balaban J connectivity index is 1.64. The van der Waals surface area contributed by atoms with E-state index in [1.54, 1.807) is 37.3 Å². The molecule has 1 saturated heterocycles. The van der Waals surface area contributed by atoms with Crippen LogP contribution in [0.4, 0.5) is 5.69 Å². The van der Waals surface area contributed by atoms with Gasteiger partial charge in [-0.25, -0.2) is 13.2 Å². The Kier molecular flexibility index (Phi) is 7.64. The molecule has 2 aromatic carbocycles. The van der Waals surface area contributed by atoms with Gasteiger partial charge in [0, 0.05) is 19.7 Å². The molecule has 1 fully saturated rings. The monoisotopic (exact) mass is 446 g/mol. The van der Waals surface area contributed by atoms with Crippen molar-refractivity contribution in [2.75, 3.05) is 30.6 Å². The zero-order valence-electron chi connectivity index (χ0n) is 17.3. The third-order valence-electron chi connectivity index (χ3n) is 4.87. The third-order valence-corrected chi connectivity index (χ3v) is 6.77. The molecule has 8 nitrogen and oxygen atoms in total. The summed E-state index contributed by atoms with van der Waals surface area (Å²) >= 11 is 0. The van der Waals surface area contributed by atoms with Gasteiger partial charge in [0.2, 0.25) is 0 Å². The minimum absolute atomic E-state index is 0.00679. The Morgan fingerprint density at radius 2 is 1.94 bits per heavy atom. The molecule has 1 aliphatic heterocycles. The van der Waals surface area contributed by atoms with Crippen LogP contribution in [-0.4, -0.2) is 52.7 Å². The van der Waals surface area contributed by atoms with E-state index in [1.807, 2.05) is 0 Å². The van der Waals surface area contributed by atoms with Gasteiger partial charge in [0.15, 0.2) is 6.61 Å². The summed E-state index contributed by atoms with van der Waals surface area (Å²) in [5, 5.41) is 2.66. The topological polar surface area (TPSA) is 102 Å². The predicted octanol–water partition coefficient (Wildman–Crippen LogP) is 2.35. The maximum absolute atomic E-state index is 13.1. The maximum Gasteiger partial charge on any atom is 0.338 e. The van der Waals surface area contributed by atoms with E-state index in [0.717, 1.165) is 12.8 Å². The van der Waals surface area contributed by atoms with Crippen LogP contribution < -0.4 is 9.62 Å². The minimum Gasteiger partial charge on any atom is -0.452 e. The molecule has 0 spiro atoms. The van der Waals surface area contributed by atoms with Gasteiger partial charge in [-0.15, -0.1) is 0 Å². The van der Waals surface area contributed by atoms with Gasteiger partial charge in [0.25, 0.3) is 15.9 Å². The number of amides is 1. The second-order valence-corrected chi connectivity index (χ2v) is 8.91. The van der Waals surface area contributed by atoms with Gasteiger partial charge in [0.1, 0.15) is 0 Å². The number of carbonyl (C=O) groups excluding carboxylic acids is 2. The molecule has 0 saturated carbocycles. The van der Waals surface area contributed by atoms with Crippen LogP contribution >= 0.6 is 0 Å². The van der Waals surface area contributed by atoms with Gasteiger partial charge in [-0.05, 0) is 50.1 Å². The SMILES string of the molecule is CCN(c1ccccc1)S(=O)(=O)c1cccc(C(=O)OCC(=O)NCC2CCCO2)c1. The molecular formula is C22H26N2O6S. The summed E-state index contributed by atoms with van der Waals surface area (Å²) in [6.45, 7) is 2.57. The lowest BCUT2D eigenvalue weighted by atomic mass is 10.2. The van der Waals surface area contributed by atoms with Crippen LogP contribution in [0.2, 0.25) is 0 Å². The molecule has 0 bridgehead atoms. The molecule has 1 atom stereocenters. The highest BCUT2D eigenvalue weighted by Gasteiger charge is 2.25. The van der Waals surface area contributed by atoms with Gasteiger partial charge in [-0.2, -0.15) is 0 Å². The van der Waals surface area contributed by atoms with Crippen molar-refractivity contribution in [2.24, 2.45) is 0 Å². The zero-order chi connectivity index (χ0) is 22.3. The zero-order valence-corrected chi connectivity index (χ0v) is 18.1. The van der Waals surface area contributed by atoms with Gasteiger partial charge in [-0.3, -0.25) is 9.10 Å². The standard InChI is InChI=1S/C22H26N2O6S/c1-2-24(18-9-4-3-5-10-18)31(27,28)20-12-6-8-17(14-20)22(26)30-16-21(25)23-15-19-11-7-13-29-19/h3-6,8-10,12,14,19H,2,7,11,13,15-16H2,1H3,(H,23,25). The van der Waals surface area contributed by atoms with E-state index in [4.69, 9.17) is 9.47 Å². The number of anilines is 1. The van der Waals surface area contributed by atoms with Crippen LogP contribution in [0.3, 0.4) is 0 Å². The summed E-state index contributed by atoms with van der Waals surface area (Å²) < 4.78 is 38.0. The molecule has 1 amide bonds. The number of esters is 1. The third kappa shape index (κ3) is 5.83. The summed E-state index contributed by atoms with van der Waals surface area (Å²) in [7, 11) is -3.88. The Morgan fingerprint density at radius 3 is 2.61 bits per heavy atom. The molecule has 1 aliphatic rings. The number of para-hydroxylation sites is 1. The molecule has 0 aromatic heterocycles. The van der Waals surface area contributed by atoms with Gasteiger partial charge in [0.05, 0.1) is 22.3 Å². The number of hydrogen-bond donors (Lipinski definition) is 1. The fourth-order valence-corrected chi connectivity index (χ4v) is 4.81. The Hall–Kier alpha value is -2.91. The van der Waals surface area contributed by atoms with E-state index >= 15 is 0 Å². The molecule has 0 radical (unpaired) electrons. The molecule has 31 heavy (non-hydrogen) atoms. The van der Waals surface area contributed by atoms with E-state index in [2.05, 4.69) is 5.32 Å². The fourth-order valence-electron chi connectivity index (χ4n) is 3.29. The van der Waals surface area contributed by atoms with E-state index in [0.29, 0.717) is 18.8 Å². The lowest BCUT2D eigenvalue weighted by Crippen LogP contribution is -2.34. The van der Waals surface area contributed by atoms with Gasteiger partial charge >= 0.3 is 5.97 Å². The first-order valence-corrected chi connectivity index (χ1v) is 11.6. The predicted molar refractivity (Wildman–Crippen MR) is 115 cm³/mol. The van der Waals surface area contributed by atoms with Crippen LogP contribution in [0.5, 0.6) is 0 Å². The number of benzene rings is 2. The van der Waals surface area contributed by atoms with Gasteiger partial charge in [-0.1, -0.05) is 24.3 Å². The number of carbonyl (C=O) groups is 2. The largest absolute Gasteiger partial charge is 0.452 e. The summed E-state index contributed by atoms with van der Waals surface area (Å²) in [6.07, 6.45) is 1.85. The Labute approximate surface area is 182 Å². The Morgan fingerprint density at radius 1 is 1.16 bits per heavy atom. The lowest BCUT2D eigenvalue weighted by molar-refractivity contribution is -0.124. The molecule has 1 unspecified atom stereocenters. The van der Waals surface area contributed by atoms with Crippen molar-refractivity contribution < 1.29 is 27.5 Å². The summed E-state index contributed by atoms with van der Waals surface area (Å²) in [4.78, 5) is 24.2. The summed E-state index contributed by atoms with van der Waals surface area (Å²) in [6, 6.07) is 14.3. The minimum atomic E-state index is -3.88. The van der Waals surface area contributed by atoms with Crippen molar-refractivity contribution >= 4 is 27.6 Å². The summed E-state index contributed by atoms with van der Waals surface area (Å²) in [5.74, 6) is -1.21. The van der Waals surface area contributed by atoms with Crippen molar-refractivity contribution in [3.05, 3.63) is 60.2 Å². The number of hydrogen-bond acceptors (Lipinski definition) is 6. The first kappa shape index (κ1) is 22.8. The molecule has 2 aromatic rings. The smallest absolute Gasteiger partial charge is 0.338 e. The maximum atomic E-state index is 13.1. The molecule has 1 N–H and O–H groups in total. The van der Waals surface area contributed by atoms with E-state index in [9.17, 15) is 18.0 Å². The van der Waals surface area contributed by atoms with Crippen molar-refractivity contribution in [3.63, 3.8) is 0 Å². The molecule has 166 valence electrons. The number of sulfonamides is 1. The molecule has 9 heteroatoms. The van der Waals surface area contributed by atoms with E-state index in [1.165, 1.54) is 28.6 Å². The van der Waals surface area contributed by atoms with Crippen molar-refractivity contribution in [2.45, 2.75) is 30.8 Å². The molecule has 1 heterocycles. The molecule has 0 aliphatic carbocycles. The first-order chi connectivity index (χ1) is 14.9. The second kappa shape index (κ2) is 10.4. The average molecular weight is 447 g/mol. The van der Waals surface area contributed by atoms with Crippen LogP contribution in [0, 0.1) is 0 Å². The summed E-state index contributed by atoms with van der Waals surface area (Å²) in [5.41, 5.74) is 0.581. The lowest BCUT2D eigenvalue weighted by Gasteiger charge is -2.23. The van der Waals surface area contributed by atoms with Crippen LogP contribution in [0.15, 0.2) is 59.5 Å². The Bertz CT molecular complexity index is 1000. The average Bonchev–Trinajstić information content (AvgIpc) is 3.31. The van der Waals surface area contributed by atoms with Gasteiger partial charge < -0.3 is 14.8 Å².